The normalized spacial score (nSPS) is 2.40. The number of nitrogens with zero attached hydrogens (tertiary/aromatic N) is 6. The average Bonchev–Trinajstić information content (AvgIpc) is 2.23. The van der Waals surface area contributed by atoms with Gasteiger partial charge in [0.25, 0.3) is 0 Å². The van der Waals surface area contributed by atoms with Crippen molar-refractivity contribution in [3.05, 3.63) is 32.5 Å². The van der Waals surface area contributed by atoms with Crippen LogP contribution < -0.4 is 0 Å². The van der Waals surface area contributed by atoms with Crippen molar-refractivity contribution >= 4 is 104 Å². The molecule has 0 heterocycles. The summed E-state index contributed by atoms with van der Waals surface area (Å²) in [4.78, 5) is 0. The van der Waals surface area contributed by atoms with Crippen molar-refractivity contribution < 1.29 is 34.1 Å². The van der Waals surface area contributed by atoms with E-state index in [1.165, 1.54) is 31.0 Å². The molecular weight excluding hydrogens is 460 g/mol. The Bertz CT molecular complexity index is 257. The van der Waals surface area contributed by atoms with Gasteiger partial charge < -0.3 is 32.5 Å². The van der Waals surface area contributed by atoms with Crippen molar-refractivity contribution in [2.45, 2.75) is 0 Å². The Morgan fingerprint density at radius 1 is 0.350 bits per heavy atom. The molecule has 0 aromatic rings. The van der Waals surface area contributed by atoms with Crippen molar-refractivity contribution in [2.75, 3.05) is 0 Å². The molecule has 0 fully saturated rings. The van der Waals surface area contributed by atoms with Gasteiger partial charge in [0, 0.05) is 0 Å². The first-order valence-corrected chi connectivity index (χ1v) is 5.02. The van der Waals surface area contributed by atoms with Crippen molar-refractivity contribution in [1.29, 1.82) is 0 Å². The third kappa shape index (κ3) is 195000. The van der Waals surface area contributed by atoms with Crippen molar-refractivity contribution in [3.8, 4) is 0 Å². The van der Waals surface area contributed by atoms with Gasteiger partial charge in [0.1, 0.15) is 0 Å². The van der Waals surface area contributed by atoms with Gasteiger partial charge in [-0.1, -0.05) is 73.3 Å². The molecule has 0 rings (SSSR count). The van der Waals surface area contributed by atoms with Crippen LogP contribution in [0.2, 0.25) is 0 Å². The number of hydrogen-bond donors (Lipinski definition) is 0. The van der Waals surface area contributed by atoms with Gasteiger partial charge in [-0.2, -0.15) is 31.0 Å². The fourth-order valence-corrected chi connectivity index (χ4v) is 0. The molecule has 0 unspecified atom stereocenters. The number of isothiocyanates is 6. The van der Waals surface area contributed by atoms with E-state index >= 15 is 0 Å². The summed E-state index contributed by atoms with van der Waals surface area (Å²) >= 11 is 22.2. The summed E-state index contributed by atoms with van der Waals surface area (Å²) in [5, 5.41) is 50.8. The molecule has 20 heavy (non-hydrogen) atoms. The van der Waals surface area contributed by atoms with E-state index in [2.05, 4.69) is 73.3 Å². The van der Waals surface area contributed by atoms with Crippen LogP contribution in [0.5, 0.6) is 0 Å². The Hall–Kier alpha value is -0.161. The zero-order valence-electron chi connectivity index (χ0n) is 8.84. The van der Waals surface area contributed by atoms with E-state index in [-0.39, 0.29) is 34.1 Å². The van der Waals surface area contributed by atoms with Crippen molar-refractivity contribution in [2.24, 2.45) is 0 Å². The molecule has 0 amide bonds. The fourth-order valence-electron chi connectivity index (χ4n) is 0. The molecule has 2 radical (unpaired) electrons. The molecule has 0 saturated carbocycles. The van der Waals surface area contributed by atoms with Crippen LogP contribution in [0.15, 0.2) is 0 Å². The largest absolute Gasteiger partial charge is 3.00 e. The molecule has 0 saturated heterocycles. The fraction of sp³-hybridized carbons (Fsp3) is 0. The van der Waals surface area contributed by atoms with Gasteiger partial charge >= 0.3 is 34.1 Å². The van der Waals surface area contributed by atoms with Gasteiger partial charge in [0.05, 0.1) is 0 Å². The maximum Gasteiger partial charge on any atom is 3.00 e. The summed E-state index contributed by atoms with van der Waals surface area (Å²) in [6, 6.07) is 0. The zero-order chi connectivity index (χ0) is 16.2. The monoisotopic (exact) mass is 460 g/mol. The van der Waals surface area contributed by atoms with E-state index in [0.29, 0.717) is 0 Å². The molecule has 0 aliphatic rings. The molecule has 0 bridgehead atoms. The molecule has 0 aliphatic carbocycles. The Labute approximate surface area is 169 Å². The zero-order valence-corrected chi connectivity index (χ0v) is 15.9. The van der Waals surface area contributed by atoms with Crippen LogP contribution in [0, 0.1) is 0 Å². The number of thiocarbonyl (C=S) groups is 6. The van der Waals surface area contributed by atoms with Crippen molar-refractivity contribution in [1.82, 2.24) is 0 Å². The minimum atomic E-state index is 0. The summed E-state index contributed by atoms with van der Waals surface area (Å²) in [6.45, 7) is 0. The summed E-state index contributed by atoms with van der Waals surface area (Å²) in [5.41, 5.74) is 0. The predicted molar refractivity (Wildman–Crippen MR) is 95.7 cm³/mol. The second-order valence-electron chi connectivity index (χ2n) is 0.548. The Morgan fingerprint density at radius 3 is 0.350 bits per heavy atom. The second-order valence-corrected chi connectivity index (χ2v) is 1.64. The Balaban J connectivity index is -0.0000000141. The van der Waals surface area contributed by atoms with E-state index in [1.807, 2.05) is 0 Å². The van der Waals surface area contributed by atoms with Gasteiger partial charge in [0.2, 0.25) is 0 Å². The van der Waals surface area contributed by atoms with Gasteiger partial charge in [-0.05, 0) is 0 Å². The molecule has 106 valence electrons. The predicted octanol–water partition coefficient (Wildman–Crippen LogP) is 3.95. The summed E-state index contributed by atoms with van der Waals surface area (Å²) in [7, 11) is 0. The van der Waals surface area contributed by atoms with Crippen LogP contribution in [-0.2, 0) is 34.1 Å². The van der Waals surface area contributed by atoms with E-state index in [0.717, 1.165) is 0 Å². The van der Waals surface area contributed by atoms with Crippen LogP contribution in [0.25, 0.3) is 32.5 Å². The topological polar surface area (TPSA) is 134 Å². The maximum atomic E-state index is 7.13. The smallest absolute Gasteiger partial charge is 0.753 e. The van der Waals surface area contributed by atoms with E-state index < -0.39 is 0 Å². The summed E-state index contributed by atoms with van der Waals surface area (Å²) in [6.07, 6.45) is 0. The Morgan fingerprint density at radius 2 is 0.350 bits per heavy atom. The van der Waals surface area contributed by atoms with E-state index in [4.69, 9.17) is 32.5 Å². The molecular formula is C6Fe2N6S6. The first-order valence-electron chi connectivity index (χ1n) is 2.57. The first-order chi connectivity index (χ1) is 8.49. The van der Waals surface area contributed by atoms with Gasteiger partial charge in [-0.25, -0.2) is 0 Å². The van der Waals surface area contributed by atoms with Gasteiger partial charge in [0.15, 0.2) is 0 Å². The van der Waals surface area contributed by atoms with Crippen LogP contribution >= 0.6 is 73.3 Å². The number of hydrogen-bond acceptors (Lipinski definition) is 6. The standard InChI is InChI=1S/6CNS.2Fe/c6*2-1-3;;/q6*-1;2*+3. The van der Waals surface area contributed by atoms with Crippen LogP contribution in [-0.4, -0.2) is 31.0 Å². The molecule has 0 atom stereocenters. The molecule has 14 heteroatoms. The minimum absolute atomic E-state index is 0. The molecule has 0 spiro atoms. The average molecular weight is 460 g/mol. The second kappa shape index (κ2) is 176. The first kappa shape index (κ1) is 50.2. The van der Waals surface area contributed by atoms with E-state index in [1.54, 1.807) is 0 Å². The third-order valence-corrected chi connectivity index (χ3v) is 0. The number of rotatable bonds is 0. The van der Waals surface area contributed by atoms with Crippen LogP contribution in [0.4, 0.5) is 0 Å². The molecule has 6 nitrogen and oxygen atoms in total. The molecule has 0 aromatic heterocycles. The summed E-state index contributed by atoms with van der Waals surface area (Å²) in [5.74, 6) is 0. The maximum absolute atomic E-state index is 7.13. The summed E-state index contributed by atoms with van der Waals surface area (Å²) < 4.78 is 0. The molecule has 0 aliphatic heterocycles. The van der Waals surface area contributed by atoms with Gasteiger partial charge in [-0.15, -0.1) is 0 Å². The quantitative estimate of drug-likeness (QED) is 0.305. The van der Waals surface area contributed by atoms with Gasteiger partial charge in [-0.3, -0.25) is 0 Å². The SMILES string of the molecule is [Fe+3].[Fe+3].[N-]=C=S.[N-]=C=S.[N-]=C=S.[N-]=C=S.[N-]=C=S.[N-]=C=S. The van der Waals surface area contributed by atoms with E-state index in [9.17, 15) is 0 Å². The molecule has 0 N–H and O–H groups in total. The van der Waals surface area contributed by atoms with Crippen LogP contribution in [0.1, 0.15) is 0 Å². The van der Waals surface area contributed by atoms with Crippen LogP contribution in [0.3, 0.4) is 0 Å². The third-order valence-electron chi connectivity index (χ3n) is 0. The van der Waals surface area contributed by atoms with Crippen molar-refractivity contribution in [3.63, 3.8) is 0 Å². The minimum Gasteiger partial charge on any atom is -0.753 e. The molecule has 0 aromatic carbocycles. The Kier molecular flexibility index (Phi) is 442.